The minimum atomic E-state index is 1.15. The summed E-state index contributed by atoms with van der Waals surface area (Å²) in [5, 5.41) is 7.54. The van der Waals surface area contributed by atoms with Gasteiger partial charge in [-0.1, -0.05) is 127 Å². The van der Waals surface area contributed by atoms with Gasteiger partial charge in [0.05, 0.1) is 33.1 Å². The second-order valence-corrected chi connectivity index (χ2v) is 15.0. The smallest absolute Gasteiger partial charge is 0.0541 e. The SMILES string of the molecule is c1ccc(-n2c3ccccc3c3cc(-c4cccc(-n5c6ccccc6c6cc(-c7cccc(-n8c9ccccc9c9ccccc98)c7)ccc65)c4)ccc32)cc1. The molecule has 0 unspecified atom stereocenters. The molecule has 0 N–H and O–H groups in total. The zero-order valence-electron chi connectivity index (χ0n) is 31.0. The van der Waals surface area contributed by atoms with Gasteiger partial charge in [-0.05, 0) is 107 Å². The molecule has 0 aliphatic rings. The summed E-state index contributed by atoms with van der Waals surface area (Å²) >= 11 is 0. The normalized spacial score (nSPS) is 11.9. The molecule has 12 aromatic rings. The van der Waals surface area contributed by atoms with Crippen molar-refractivity contribution < 1.29 is 0 Å². The monoisotopic (exact) mass is 725 g/mol. The van der Waals surface area contributed by atoms with E-state index in [9.17, 15) is 0 Å². The predicted octanol–water partition coefficient (Wildman–Crippen LogP) is 14.3. The molecule has 3 aromatic heterocycles. The fourth-order valence-electron chi connectivity index (χ4n) is 9.29. The number of hydrogen-bond acceptors (Lipinski definition) is 0. The lowest BCUT2D eigenvalue weighted by molar-refractivity contribution is 1.18. The number of para-hydroxylation sites is 5. The standard InChI is InChI=1S/C54H35N3/c1-2-16-40(17-3-1)55-51-26-10-6-22-45(51)47-34-38(28-30-53(47)55)37-15-13-19-42(33-37)57-52-27-11-7-23-46(52)48-35-39(29-31-54(48)57)36-14-12-18-41(32-36)56-49-24-8-4-20-43(49)44-21-5-9-25-50(44)56/h1-35H. The number of aromatic nitrogens is 3. The van der Waals surface area contributed by atoms with Crippen LogP contribution in [-0.2, 0) is 0 Å². The van der Waals surface area contributed by atoms with Crippen LogP contribution in [0.4, 0.5) is 0 Å². The lowest BCUT2D eigenvalue weighted by atomic mass is 10.0. The molecule has 266 valence electrons. The molecule has 12 rings (SSSR count). The van der Waals surface area contributed by atoms with Crippen molar-refractivity contribution >= 4 is 65.4 Å². The molecule has 0 spiro atoms. The Kier molecular flexibility index (Phi) is 6.93. The van der Waals surface area contributed by atoms with Crippen molar-refractivity contribution in [1.82, 2.24) is 13.7 Å². The Morgan fingerprint density at radius 2 is 0.509 bits per heavy atom. The molecule has 3 heterocycles. The van der Waals surface area contributed by atoms with Gasteiger partial charge in [-0.3, -0.25) is 0 Å². The molecule has 3 nitrogen and oxygen atoms in total. The average molecular weight is 726 g/mol. The van der Waals surface area contributed by atoms with Crippen LogP contribution in [0.3, 0.4) is 0 Å². The van der Waals surface area contributed by atoms with Crippen molar-refractivity contribution in [1.29, 1.82) is 0 Å². The Morgan fingerprint density at radius 3 is 0.947 bits per heavy atom. The summed E-state index contributed by atoms with van der Waals surface area (Å²) in [5.41, 5.74) is 15.5. The first kappa shape index (κ1) is 31.7. The van der Waals surface area contributed by atoms with Crippen molar-refractivity contribution in [2.75, 3.05) is 0 Å². The minimum Gasteiger partial charge on any atom is -0.309 e. The van der Waals surface area contributed by atoms with Crippen LogP contribution in [-0.4, -0.2) is 13.7 Å². The molecule has 0 radical (unpaired) electrons. The van der Waals surface area contributed by atoms with Gasteiger partial charge < -0.3 is 13.7 Å². The molecule has 0 saturated carbocycles. The average Bonchev–Trinajstić information content (AvgIpc) is 3.92. The number of hydrogen-bond donors (Lipinski definition) is 0. The van der Waals surface area contributed by atoms with Gasteiger partial charge in [0.2, 0.25) is 0 Å². The van der Waals surface area contributed by atoms with Crippen LogP contribution in [0.25, 0.3) is 105 Å². The molecule has 0 fully saturated rings. The highest BCUT2D eigenvalue weighted by Crippen LogP contribution is 2.39. The fourth-order valence-corrected chi connectivity index (χ4v) is 9.29. The van der Waals surface area contributed by atoms with Gasteiger partial charge in [-0.2, -0.15) is 0 Å². The van der Waals surface area contributed by atoms with E-state index in [0.717, 1.165) is 11.4 Å². The summed E-state index contributed by atoms with van der Waals surface area (Å²) in [7, 11) is 0. The first-order chi connectivity index (χ1) is 28.3. The Labute approximate surface area is 329 Å². The third kappa shape index (κ3) is 4.86. The first-order valence-electron chi connectivity index (χ1n) is 19.6. The minimum absolute atomic E-state index is 1.15. The summed E-state index contributed by atoms with van der Waals surface area (Å²) in [4.78, 5) is 0. The van der Waals surface area contributed by atoms with E-state index in [2.05, 4.69) is 226 Å². The van der Waals surface area contributed by atoms with Gasteiger partial charge in [0.1, 0.15) is 0 Å². The van der Waals surface area contributed by atoms with Gasteiger partial charge in [0, 0.05) is 49.4 Å². The van der Waals surface area contributed by atoms with Crippen LogP contribution in [0, 0.1) is 0 Å². The summed E-state index contributed by atoms with van der Waals surface area (Å²) < 4.78 is 7.19. The van der Waals surface area contributed by atoms with Crippen LogP contribution in [0.2, 0.25) is 0 Å². The summed E-state index contributed by atoms with van der Waals surface area (Å²) in [6.45, 7) is 0. The summed E-state index contributed by atoms with van der Waals surface area (Å²) in [6.07, 6.45) is 0. The van der Waals surface area contributed by atoms with Crippen molar-refractivity contribution in [2.24, 2.45) is 0 Å². The third-order valence-corrected chi connectivity index (χ3v) is 11.8. The van der Waals surface area contributed by atoms with E-state index in [0.29, 0.717) is 0 Å². The molecular weight excluding hydrogens is 691 g/mol. The third-order valence-electron chi connectivity index (χ3n) is 11.8. The van der Waals surface area contributed by atoms with Crippen molar-refractivity contribution in [3.63, 3.8) is 0 Å². The Hall–Kier alpha value is -7.62. The van der Waals surface area contributed by atoms with Crippen molar-refractivity contribution in [3.8, 4) is 39.3 Å². The molecule has 0 aliphatic carbocycles. The largest absolute Gasteiger partial charge is 0.309 e. The number of benzene rings is 9. The Morgan fingerprint density at radius 1 is 0.193 bits per heavy atom. The van der Waals surface area contributed by atoms with Crippen LogP contribution in [0.1, 0.15) is 0 Å². The van der Waals surface area contributed by atoms with Crippen LogP contribution in [0.5, 0.6) is 0 Å². The molecule has 0 aliphatic heterocycles. The Bertz CT molecular complexity index is 3470. The van der Waals surface area contributed by atoms with Crippen molar-refractivity contribution in [2.45, 2.75) is 0 Å². The van der Waals surface area contributed by atoms with Gasteiger partial charge in [0.15, 0.2) is 0 Å². The van der Waals surface area contributed by atoms with Crippen LogP contribution >= 0.6 is 0 Å². The van der Waals surface area contributed by atoms with E-state index in [1.807, 2.05) is 0 Å². The Balaban J connectivity index is 0.978. The van der Waals surface area contributed by atoms with Crippen LogP contribution in [0.15, 0.2) is 212 Å². The maximum atomic E-state index is 2.42. The highest BCUT2D eigenvalue weighted by atomic mass is 15.0. The van der Waals surface area contributed by atoms with Gasteiger partial charge >= 0.3 is 0 Å². The zero-order chi connectivity index (χ0) is 37.5. The highest BCUT2D eigenvalue weighted by Gasteiger charge is 2.17. The molecule has 0 saturated heterocycles. The van der Waals surface area contributed by atoms with E-state index in [-0.39, 0.29) is 0 Å². The number of rotatable bonds is 5. The molecule has 0 bridgehead atoms. The van der Waals surface area contributed by atoms with E-state index in [1.165, 1.54) is 93.4 Å². The van der Waals surface area contributed by atoms with Gasteiger partial charge in [-0.15, -0.1) is 0 Å². The van der Waals surface area contributed by atoms with Crippen molar-refractivity contribution in [3.05, 3.63) is 212 Å². The highest BCUT2D eigenvalue weighted by molar-refractivity contribution is 6.12. The fraction of sp³-hybridized carbons (Fsp3) is 0. The maximum absolute atomic E-state index is 2.42. The number of fused-ring (bicyclic) bond motifs is 9. The summed E-state index contributed by atoms with van der Waals surface area (Å²) in [6, 6.07) is 77.4. The molecule has 57 heavy (non-hydrogen) atoms. The van der Waals surface area contributed by atoms with E-state index in [1.54, 1.807) is 0 Å². The predicted molar refractivity (Wildman–Crippen MR) is 240 cm³/mol. The maximum Gasteiger partial charge on any atom is 0.0541 e. The topological polar surface area (TPSA) is 14.8 Å². The van der Waals surface area contributed by atoms with E-state index < -0.39 is 0 Å². The molecule has 3 heteroatoms. The molecule has 0 amide bonds. The molecular formula is C54H35N3. The number of nitrogens with zero attached hydrogens (tertiary/aromatic N) is 3. The van der Waals surface area contributed by atoms with E-state index in [4.69, 9.17) is 0 Å². The van der Waals surface area contributed by atoms with Crippen LogP contribution < -0.4 is 0 Å². The lowest BCUT2D eigenvalue weighted by Gasteiger charge is -2.12. The van der Waals surface area contributed by atoms with Gasteiger partial charge in [-0.25, -0.2) is 0 Å². The second-order valence-electron chi connectivity index (χ2n) is 15.0. The van der Waals surface area contributed by atoms with Gasteiger partial charge in [0.25, 0.3) is 0 Å². The van der Waals surface area contributed by atoms with E-state index >= 15 is 0 Å². The first-order valence-corrected chi connectivity index (χ1v) is 19.6. The summed E-state index contributed by atoms with van der Waals surface area (Å²) in [5.74, 6) is 0. The lowest BCUT2D eigenvalue weighted by Crippen LogP contribution is -1.95. The zero-order valence-corrected chi connectivity index (χ0v) is 31.0. The quantitative estimate of drug-likeness (QED) is 0.168. The molecule has 9 aromatic carbocycles. The molecule has 0 atom stereocenters. The second kappa shape index (κ2) is 12.5.